The van der Waals surface area contributed by atoms with E-state index in [-0.39, 0.29) is 18.7 Å². The first-order valence-corrected chi connectivity index (χ1v) is 8.42. The number of alkyl halides is 3. The van der Waals surface area contributed by atoms with Gasteiger partial charge >= 0.3 is 12.1 Å². The molecule has 2 aromatic rings. The van der Waals surface area contributed by atoms with Gasteiger partial charge in [-0.1, -0.05) is 24.1 Å². The first kappa shape index (κ1) is 20.5. The van der Waals surface area contributed by atoms with Crippen LogP contribution in [0.25, 0.3) is 5.69 Å². The number of aryl methyl sites for hydroxylation is 1. The van der Waals surface area contributed by atoms with E-state index in [9.17, 15) is 22.8 Å². The number of nitrogens with one attached hydrogen (secondary N) is 1. The highest BCUT2D eigenvalue weighted by molar-refractivity contribution is 5.95. The lowest BCUT2D eigenvalue weighted by Gasteiger charge is -2.13. The van der Waals surface area contributed by atoms with Crippen molar-refractivity contribution in [3.63, 3.8) is 0 Å². The molecular weight excluding hydrogens is 363 g/mol. The second-order valence-electron chi connectivity index (χ2n) is 6.11. The number of hydrogen-bond acceptors (Lipinski definition) is 3. The van der Waals surface area contributed by atoms with Crippen molar-refractivity contribution < 1.29 is 27.9 Å². The Hall–Kier alpha value is -2.84. The van der Waals surface area contributed by atoms with Gasteiger partial charge in [-0.2, -0.15) is 18.3 Å². The first-order chi connectivity index (χ1) is 12.7. The molecule has 1 heterocycles. The molecule has 0 unspecified atom stereocenters. The van der Waals surface area contributed by atoms with Gasteiger partial charge in [0.25, 0.3) is 5.91 Å². The Labute approximate surface area is 154 Å². The third-order valence-corrected chi connectivity index (χ3v) is 3.91. The lowest BCUT2D eigenvalue weighted by molar-refractivity contribution is -0.143. The van der Waals surface area contributed by atoms with Gasteiger partial charge in [-0.05, 0) is 31.9 Å². The lowest BCUT2D eigenvalue weighted by atomic mass is 10.1. The molecule has 6 nitrogen and oxygen atoms in total. The van der Waals surface area contributed by atoms with Crippen LogP contribution in [0.15, 0.2) is 30.5 Å². The topological polar surface area (TPSA) is 84.2 Å². The molecule has 146 valence electrons. The minimum absolute atomic E-state index is 0.0233. The van der Waals surface area contributed by atoms with Crippen LogP contribution in [0.4, 0.5) is 13.2 Å². The Morgan fingerprint density at radius 2 is 1.81 bits per heavy atom. The molecule has 9 heteroatoms. The van der Waals surface area contributed by atoms with Gasteiger partial charge < -0.3 is 10.4 Å². The zero-order valence-electron chi connectivity index (χ0n) is 14.7. The predicted octanol–water partition coefficient (Wildman–Crippen LogP) is 3.57. The van der Waals surface area contributed by atoms with Crippen LogP contribution in [0.2, 0.25) is 0 Å². The van der Waals surface area contributed by atoms with Crippen LogP contribution >= 0.6 is 0 Å². The van der Waals surface area contributed by atoms with Crippen LogP contribution < -0.4 is 5.32 Å². The van der Waals surface area contributed by atoms with Gasteiger partial charge in [0.2, 0.25) is 0 Å². The molecule has 2 N–H and O–H groups in total. The van der Waals surface area contributed by atoms with Gasteiger partial charge in [0.15, 0.2) is 5.69 Å². The highest BCUT2D eigenvalue weighted by Gasteiger charge is 2.40. The molecule has 2 rings (SSSR count). The van der Waals surface area contributed by atoms with Gasteiger partial charge in [-0.3, -0.25) is 9.59 Å². The highest BCUT2D eigenvalue weighted by atomic mass is 19.4. The number of carbonyl (C=O) groups is 2. The quantitative estimate of drug-likeness (QED) is 0.683. The molecule has 0 saturated heterocycles. The van der Waals surface area contributed by atoms with Crippen molar-refractivity contribution in [1.29, 1.82) is 0 Å². The number of carboxylic acids is 1. The fraction of sp³-hybridized carbons (Fsp3) is 0.389. The van der Waals surface area contributed by atoms with Gasteiger partial charge in [0.05, 0.1) is 17.4 Å². The van der Waals surface area contributed by atoms with E-state index in [0.29, 0.717) is 23.9 Å². The van der Waals surface area contributed by atoms with Crippen molar-refractivity contribution in [2.75, 3.05) is 6.54 Å². The molecule has 1 amide bonds. The van der Waals surface area contributed by atoms with Crippen LogP contribution in [0.1, 0.15) is 47.3 Å². The Balaban J connectivity index is 2.11. The number of nitrogens with zero attached hydrogens (tertiary/aromatic N) is 2. The summed E-state index contributed by atoms with van der Waals surface area (Å²) < 4.78 is 41.3. The number of rotatable bonds is 8. The molecule has 27 heavy (non-hydrogen) atoms. The van der Waals surface area contributed by atoms with Crippen molar-refractivity contribution in [3.8, 4) is 5.69 Å². The highest BCUT2D eigenvalue weighted by Crippen LogP contribution is 2.33. The molecule has 1 aromatic carbocycles. The molecule has 0 spiro atoms. The molecule has 0 aliphatic carbocycles. The van der Waals surface area contributed by atoms with Crippen LogP contribution in [0.5, 0.6) is 0 Å². The maximum Gasteiger partial charge on any atom is 0.434 e. The molecule has 0 fully saturated rings. The number of benzene rings is 1. The van der Waals surface area contributed by atoms with Crippen molar-refractivity contribution in [1.82, 2.24) is 15.1 Å². The Bertz CT molecular complexity index is 798. The van der Waals surface area contributed by atoms with Crippen LogP contribution in [0, 0.1) is 6.92 Å². The smallest absolute Gasteiger partial charge is 0.434 e. The van der Waals surface area contributed by atoms with Crippen molar-refractivity contribution >= 4 is 11.9 Å². The molecule has 1 aromatic heterocycles. The largest absolute Gasteiger partial charge is 0.481 e. The number of carboxylic acid groups (broad SMARTS) is 1. The number of halogens is 3. The maximum absolute atomic E-state index is 13.5. The Kier molecular flexibility index (Phi) is 6.59. The first-order valence-electron chi connectivity index (χ1n) is 8.42. The van der Waals surface area contributed by atoms with Gasteiger partial charge in [-0.25, -0.2) is 4.68 Å². The Morgan fingerprint density at radius 1 is 1.15 bits per heavy atom. The third-order valence-electron chi connectivity index (χ3n) is 3.91. The average molecular weight is 383 g/mol. The zero-order valence-corrected chi connectivity index (χ0v) is 14.7. The summed E-state index contributed by atoms with van der Waals surface area (Å²) in [5, 5.41) is 14.7. The van der Waals surface area contributed by atoms with E-state index in [1.807, 2.05) is 6.92 Å². The second kappa shape index (κ2) is 8.70. The standard InChI is InChI=1S/C18H20F3N3O3/c1-12-6-8-13(9-7-12)24-16(18(19,20)21)14(11-23-24)17(27)22-10-4-2-3-5-15(25)26/h6-9,11H,2-5,10H2,1H3,(H,22,27)(H,25,26). The van der Waals surface area contributed by atoms with Crippen molar-refractivity contribution in [3.05, 3.63) is 47.3 Å². The summed E-state index contributed by atoms with van der Waals surface area (Å²) in [6.45, 7) is 1.97. The molecule has 0 saturated carbocycles. The van der Waals surface area contributed by atoms with Crippen molar-refractivity contribution in [2.45, 2.75) is 38.8 Å². The van der Waals surface area contributed by atoms with Gasteiger partial charge in [-0.15, -0.1) is 0 Å². The summed E-state index contributed by atoms with van der Waals surface area (Å²) in [6.07, 6.45) is -2.34. The molecule has 0 aliphatic heterocycles. The van der Waals surface area contributed by atoms with Crippen molar-refractivity contribution in [2.24, 2.45) is 0 Å². The molecule has 0 bridgehead atoms. The normalized spacial score (nSPS) is 11.4. The number of aliphatic carboxylic acids is 1. The number of carbonyl (C=O) groups excluding carboxylic acids is 1. The van der Waals surface area contributed by atoms with Crippen LogP contribution in [-0.2, 0) is 11.0 Å². The molecule has 0 radical (unpaired) electrons. The fourth-order valence-electron chi connectivity index (χ4n) is 2.54. The van der Waals surface area contributed by atoms with Gasteiger partial charge in [0, 0.05) is 13.0 Å². The van der Waals surface area contributed by atoms with E-state index < -0.39 is 29.3 Å². The van der Waals surface area contributed by atoms with Crippen LogP contribution in [-0.4, -0.2) is 33.3 Å². The summed E-state index contributed by atoms with van der Waals surface area (Å²) >= 11 is 0. The second-order valence-corrected chi connectivity index (χ2v) is 6.11. The summed E-state index contributed by atoms with van der Waals surface area (Å²) in [4.78, 5) is 22.6. The molecule has 0 atom stereocenters. The van der Waals surface area contributed by atoms with Gasteiger partial charge in [0.1, 0.15) is 0 Å². The summed E-state index contributed by atoms with van der Waals surface area (Å²) in [6, 6.07) is 6.32. The minimum atomic E-state index is -4.75. The molecular formula is C18H20F3N3O3. The maximum atomic E-state index is 13.5. The van der Waals surface area contributed by atoms with E-state index in [1.165, 1.54) is 12.1 Å². The summed E-state index contributed by atoms with van der Waals surface area (Å²) in [5.41, 5.74) is -0.579. The van der Waals surface area contributed by atoms with Crippen LogP contribution in [0.3, 0.4) is 0 Å². The SMILES string of the molecule is Cc1ccc(-n2ncc(C(=O)NCCCCCC(=O)O)c2C(F)(F)F)cc1. The third kappa shape index (κ3) is 5.57. The van der Waals surface area contributed by atoms with E-state index in [2.05, 4.69) is 10.4 Å². The predicted molar refractivity (Wildman–Crippen MR) is 91.7 cm³/mol. The lowest BCUT2D eigenvalue weighted by Crippen LogP contribution is -2.27. The number of unbranched alkanes of at least 4 members (excludes halogenated alkanes) is 2. The van der Waals surface area contributed by atoms with E-state index >= 15 is 0 Å². The average Bonchev–Trinajstić information content (AvgIpc) is 3.03. The number of aromatic nitrogens is 2. The van der Waals surface area contributed by atoms with E-state index in [0.717, 1.165) is 11.8 Å². The zero-order chi connectivity index (χ0) is 20.0. The molecule has 0 aliphatic rings. The number of amides is 1. The minimum Gasteiger partial charge on any atom is -0.481 e. The Morgan fingerprint density at radius 3 is 2.41 bits per heavy atom. The monoisotopic (exact) mass is 383 g/mol. The summed E-state index contributed by atoms with van der Waals surface area (Å²) in [5.74, 6) is -1.77. The fourth-order valence-corrected chi connectivity index (χ4v) is 2.54. The summed E-state index contributed by atoms with van der Waals surface area (Å²) in [7, 11) is 0. The number of hydrogen-bond donors (Lipinski definition) is 2. The van der Waals surface area contributed by atoms with E-state index in [1.54, 1.807) is 12.1 Å². The van der Waals surface area contributed by atoms with E-state index in [4.69, 9.17) is 5.11 Å².